The Bertz CT molecular complexity index is 1490. The maximum absolute atomic E-state index is 13.3. The fourth-order valence-corrected chi connectivity index (χ4v) is 4.95. The lowest BCUT2D eigenvalue weighted by molar-refractivity contribution is 0.0733. The number of carbonyl (C=O) groups is 1. The zero-order chi connectivity index (χ0) is 21.7. The number of fused-ring (bicyclic) bond motifs is 3. The molecule has 32 heavy (non-hydrogen) atoms. The zero-order valence-electron chi connectivity index (χ0n) is 17.5. The first-order valence-electron chi connectivity index (χ1n) is 10.5. The van der Waals surface area contributed by atoms with Gasteiger partial charge in [0.1, 0.15) is 18.2 Å². The molecule has 5 aromatic rings. The third kappa shape index (κ3) is 3.31. The minimum atomic E-state index is 0.0107. The van der Waals surface area contributed by atoms with E-state index >= 15 is 0 Å². The van der Waals surface area contributed by atoms with E-state index in [0.29, 0.717) is 25.3 Å². The molecule has 0 fully saturated rings. The second-order valence-electron chi connectivity index (χ2n) is 7.99. The standard InChI is InChI=1S/C25H20N4O2S/c1-15-27-20-5-2-17(11-22(20)28-15)16-4-7-23-19(10-16)13-29(8-9-31-23)25(30)18-3-6-21-24(12-18)32-14-26-21/h2-7,10-12,14H,8-9,13H2,1H3,(H,27,28). The van der Waals surface area contributed by atoms with Crippen molar-refractivity contribution in [1.82, 2.24) is 19.9 Å². The van der Waals surface area contributed by atoms with Crippen LogP contribution in [0.25, 0.3) is 32.4 Å². The van der Waals surface area contributed by atoms with Gasteiger partial charge in [0.15, 0.2) is 0 Å². The predicted molar refractivity (Wildman–Crippen MR) is 126 cm³/mol. The van der Waals surface area contributed by atoms with Gasteiger partial charge in [-0.1, -0.05) is 12.1 Å². The first kappa shape index (κ1) is 19.0. The number of aromatic amines is 1. The van der Waals surface area contributed by atoms with Crippen molar-refractivity contribution in [2.45, 2.75) is 13.5 Å². The van der Waals surface area contributed by atoms with E-state index in [4.69, 9.17) is 4.74 Å². The second kappa shape index (κ2) is 7.46. The van der Waals surface area contributed by atoms with Crippen LogP contribution in [0.2, 0.25) is 0 Å². The number of amides is 1. The summed E-state index contributed by atoms with van der Waals surface area (Å²) in [5, 5.41) is 0. The molecule has 3 heterocycles. The number of ether oxygens (including phenoxy) is 1. The Labute approximate surface area is 188 Å². The fraction of sp³-hybridized carbons (Fsp3) is 0.160. The highest BCUT2D eigenvalue weighted by Crippen LogP contribution is 2.31. The smallest absolute Gasteiger partial charge is 0.254 e. The minimum Gasteiger partial charge on any atom is -0.491 e. The number of nitrogens with zero attached hydrogens (tertiary/aromatic N) is 3. The summed E-state index contributed by atoms with van der Waals surface area (Å²) >= 11 is 1.55. The number of nitrogens with one attached hydrogen (secondary N) is 1. The molecule has 0 unspecified atom stereocenters. The molecule has 0 bridgehead atoms. The van der Waals surface area contributed by atoms with E-state index < -0.39 is 0 Å². The molecule has 0 radical (unpaired) electrons. The molecule has 0 saturated heterocycles. The summed E-state index contributed by atoms with van der Waals surface area (Å²) in [5.74, 6) is 1.75. The number of hydrogen-bond donors (Lipinski definition) is 1. The van der Waals surface area contributed by atoms with Gasteiger partial charge in [-0.3, -0.25) is 4.79 Å². The molecule has 1 aliphatic heterocycles. The maximum Gasteiger partial charge on any atom is 0.254 e. The minimum absolute atomic E-state index is 0.0107. The molecule has 0 aliphatic carbocycles. The van der Waals surface area contributed by atoms with Gasteiger partial charge < -0.3 is 14.6 Å². The molecular weight excluding hydrogens is 420 g/mol. The molecular formula is C25H20N4O2S. The van der Waals surface area contributed by atoms with Gasteiger partial charge in [-0.15, -0.1) is 11.3 Å². The van der Waals surface area contributed by atoms with E-state index in [1.807, 2.05) is 42.2 Å². The number of imidazole rings is 1. The lowest BCUT2D eigenvalue weighted by Crippen LogP contribution is -2.32. The highest BCUT2D eigenvalue weighted by atomic mass is 32.1. The maximum atomic E-state index is 13.3. The van der Waals surface area contributed by atoms with E-state index in [1.165, 1.54) is 0 Å². The number of aryl methyl sites for hydroxylation is 1. The number of benzene rings is 3. The molecule has 2 aromatic heterocycles. The van der Waals surface area contributed by atoms with Crippen molar-refractivity contribution in [3.05, 3.63) is 77.1 Å². The normalized spacial score (nSPS) is 13.7. The van der Waals surface area contributed by atoms with Crippen molar-refractivity contribution < 1.29 is 9.53 Å². The molecule has 158 valence electrons. The van der Waals surface area contributed by atoms with E-state index in [0.717, 1.165) is 49.5 Å². The number of hydrogen-bond acceptors (Lipinski definition) is 5. The first-order chi connectivity index (χ1) is 15.6. The van der Waals surface area contributed by atoms with Gasteiger partial charge in [-0.2, -0.15) is 0 Å². The Morgan fingerprint density at radius 2 is 1.91 bits per heavy atom. The number of rotatable bonds is 2. The SMILES string of the molecule is Cc1nc2ccc(-c3ccc4c(c3)CN(C(=O)c3ccc5ncsc5c3)CCO4)cc2[nH]1. The van der Waals surface area contributed by atoms with Crippen LogP contribution in [0.5, 0.6) is 5.75 Å². The molecule has 6 nitrogen and oxygen atoms in total. The largest absolute Gasteiger partial charge is 0.491 e. The van der Waals surface area contributed by atoms with Gasteiger partial charge in [-0.05, 0) is 60.5 Å². The third-order valence-electron chi connectivity index (χ3n) is 5.84. The Kier molecular flexibility index (Phi) is 4.43. The average Bonchev–Trinajstić information content (AvgIpc) is 3.36. The van der Waals surface area contributed by atoms with Crippen molar-refractivity contribution >= 4 is 38.5 Å². The molecule has 0 spiro atoms. The van der Waals surface area contributed by atoms with Crippen molar-refractivity contribution in [2.75, 3.05) is 13.2 Å². The van der Waals surface area contributed by atoms with Crippen molar-refractivity contribution in [3.63, 3.8) is 0 Å². The number of H-pyrrole nitrogens is 1. The summed E-state index contributed by atoms with van der Waals surface area (Å²) in [7, 11) is 0. The topological polar surface area (TPSA) is 71.1 Å². The Balaban J connectivity index is 1.32. The van der Waals surface area contributed by atoms with Crippen molar-refractivity contribution in [3.8, 4) is 16.9 Å². The van der Waals surface area contributed by atoms with E-state index in [9.17, 15) is 4.79 Å². The molecule has 7 heteroatoms. The fourth-order valence-electron chi connectivity index (χ4n) is 4.23. The van der Waals surface area contributed by atoms with Crippen LogP contribution in [0.3, 0.4) is 0 Å². The molecule has 0 atom stereocenters. The highest BCUT2D eigenvalue weighted by Gasteiger charge is 2.22. The van der Waals surface area contributed by atoms with Crippen LogP contribution in [-0.4, -0.2) is 38.9 Å². The summed E-state index contributed by atoms with van der Waals surface area (Å²) < 4.78 is 6.99. The first-order valence-corrected chi connectivity index (χ1v) is 11.4. The van der Waals surface area contributed by atoms with Crippen molar-refractivity contribution in [2.24, 2.45) is 0 Å². The van der Waals surface area contributed by atoms with Crippen LogP contribution in [-0.2, 0) is 6.54 Å². The van der Waals surface area contributed by atoms with Crippen LogP contribution in [0.15, 0.2) is 60.1 Å². The van der Waals surface area contributed by atoms with Crippen LogP contribution in [0, 0.1) is 6.92 Å². The number of thiazole rings is 1. The van der Waals surface area contributed by atoms with E-state index in [1.54, 1.807) is 16.8 Å². The molecule has 3 aromatic carbocycles. The van der Waals surface area contributed by atoms with Gasteiger partial charge in [0.2, 0.25) is 0 Å². The summed E-state index contributed by atoms with van der Waals surface area (Å²) in [6.07, 6.45) is 0. The van der Waals surface area contributed by atoms with Crippen LogP contribution < -0.4 is 4.74 Å². The Morgan fingerprint density at radius 1 is 1.06 bits per heavy atom. The molecule has 0 saturated carbocycles. The average molecular weight is 441 g/mol. The third-order valence-corrected chi connectivity index (χ3v) is 6.63. The van der Waals surface area contributed by atoms with Gasteiger partial charge in [-0.25, -0.2) is 9.97 Å². The van der Waals surface area contributed by atoms with Gasteiger partial charge in [0, 0.05) is 17.7 Å². The molecule has 1 aliphatic rings. The lowest BCUT2D eigenvalue weighted by Gasteiger charge is -2.20. The summed E-state index contributed by atoms with van der Waals surface area (Å²) in [6.45, 7) is 3.48. The summed E-state index contributed by atoms with van der Waals surface area (Å²) in [4.78, 5) is 27.2. The highest BCUT2D eigenvalue weighted by molar-refractivity contribution is 7.16. The van der Waals surface area contributed by atoms with Crippen LogP contribution in [0.1, 0.15) is 21.7 Å². The van der Waals surface area contributed by atoms with Gasteiger partial charge in [0.05, 0.1) is 33.3 Å². The number of carbonyl (C=O) groups excluding carboxylic acids is 1. The number of aromatic nitrogens is 3. The Morgan fingerprint density at radius 3 is 2.84 bits per heavy atom. The van der Waals surface area contributed by atoms with Crippen molar-refractivity contribution in [1.29, 1.82) is 0 Å². The quantitative estimate of drug-likeness (QED) is 0.410. The summed E-state index contributed by atoms with van der Waals surface area (Å²) in [5.41, 5.74) is 8.57. The zero-order valence-corrected chi connectivity index (χ0v) is 18.3. The van der Waals surface area contributed by atoms with E-state index in [2.05, 4.69) is 39.2 Å². The molecule has 1 amide bonds. The van der Waals surface area contributed by atoms with Crippen LogP contribution in [0.4, 0.5) is 0 Å². The summed E-state index contributed by atoms with van der Waals surface area (Å²) in [6, 6.07) is 18.1. The predicted octanol–water partition coefficient (Wildman–Crippen LogP) is 5.18. The molecule has 1 N–H and O–H groups in total. The van der Waals surface area contributed by atoms with Gasteiger partial charge >= 0.3 is 0 Å². The monoisotopic (exact) mass is 440 g/mol. The second-order valence-corrected chi connectivity index (χ2v) is 8.87. The lowest BCUT2D eigenvalue weighted by atomic mass is 10.0. The molecule has 6 rings (SSSR count). The van der Waals surface area contributed by atoms with E-state index in [-0.39, 0.29) is 5.91 Å². The van der Waals surface area contributed by atoms with Gasteiger partial charge in [0.25, 0.3) is 5.91 Å². The van der Waals surface area contributed by atoms with Crippen LogP contribution >= 0.6 is 11.3 Å². The Hall–Kier alpha value is -3.71.